The number of nitrogen functional groups attached to an aromatic ring is 1. The van der Waals surface area contributed by atoms with Crippen LogP contribution in [0.3, 0.4) is 0 Å². The summed E-state index contributed by atoms with van der Waals surface area (Å²) in [6, 6.07) is 5.10. The molecule has 0 saturated heterocycles. The Kier molecular flexibility index (Phi) is 9.75. The van der Waals surface area contributed by atoms with Crippen LogP contribution in [0.1, 0.15) is 0 Å². The standard InChI is InChI=1S/C22H15F2N5O15S5/c23-11-7-12(22(49(42,43)44)16(24)21(11)48(39,40)41)27-29-19-14(47(36,37)38)6-8-5-13(46(33,34)35)18(17(25)15(8)20(19)30)28-26-9-1-3-10(4-2-9)45(31)32/h1-7,30H,25H2,(H,31,32)(H,33,34,35)(H,36,37,38)(H,39,40,41)(H,42,43,44)/p-1. The van der Waals surface area contributed by atoms with Gasteiger partial charge in [-0.1, -0.05) is 0 Å². The molecule has 4 aromatic rings. The number of fused-ring (bicyclic) bond motifs is 1. The summed E-state index contributed by atoms with van der Waals surface area (Å²) < 4.78 is 185. The van der Waals surface area contributed by atoms with E-state index in [2.05, 4.69) is 20.5 Å². The Morgan fingerprint density at radius 1 is 0.694 bits per heavy atom. The van der Waals surface area contributed by atoms with Crippen LogP contribution in [-0.4, -0.2) is 65.8 Å². The van der Waals surface area contributed by atoms with Crippen molar-refractivity contribution < 1.29 is 74.5 Å². The molecule has 4 aromatic carbocycles. The minimum atomic E-state index is -5.87. The summed E-state index contributed by atoms with van der Waals surface area (Å²) in [6.45, 7) is 0. The van der Waals surface area contributed by atoms with Gasteiger partial charge in [-0.15, -0.1) is 15.3 Å². The number of hydrogen-bond donors (Lipinski definition) is 6. The SMILES string of the molecule is Nc1c(N=Nc2ccc(S(=O)[O-])cc2)c(S(=O)(=O)O)cc2cc(S(=O)(=O)O)c(N=Nc3cc(F)c(S(=O)(=O)O)c(F)c3S(=O)(=O)O)c(O)c12. The first-order valence-electron chi connectivity index (χ1n) is 11.9. The highest BCUT2D eigenvalue weighted by Crippen LogP contribution is 2.48. The van der Waals surface area contributed by atoms with Crippen LogP contribution in [0.4, 0.5) is 37.2 Å². The van der Waals surface area contributed by atoms with Gasteiger partial charge in [0, 0.05) is 11.0 Å². The molecule has 49 heavy (non-hydrogen) atoms. The Balaban J connectivity index is 2.07. The van der Waals surface area contributed by atoms with Crippen LogP contribution in [-0.2, 0) is 51.6 Å². The summed E-state index contributed by atoms with van der Waals surface area (Å²) in [6.07, 6.45) is 0. The molecule has 1 unspecified atom stereocenters. The zero-order valence-corrected chi connectivity index (χ0v) is 27.1. The summed E-state index contributed by atoms with van der Waals surface area (Å²) in [5.74, 6) is -6.20. The summed E-state index contributed by atoms with van der Waals surface area (Å²) in [5, 5.41) is 23.2. The van der Waals surface area contributed by atoms with E-state index in [1.54, 1.807) is 0 Å². The molecule has 4 rings (SSSR count). The average Bonchev–Trinajstić information content (AvgIpc) is 2.93. The summed E-state index contributed by atoms with van der Waals surface area (Å²) in [7, 11) is -22.5. The van der Waals surface area contributed by atoms with E-state index in [0.29, 0.717) is 12.1 Å². The lowest BCUT2D eigenvalue weighted by Gasteiger charge is -2.14. The molecule has 0 aromatic heterocycles. The molecule has 0 amide bonds. The minimum absolute atomic E-state index is 0.107. The van der Waals surface area contributed by atoms with E-state index >= 15 is 0 Å². The first-order valence-corrected chi connectivity index (χ1v) is 18.7. The van der Waals surface area contributed by atoms with Gasteiger partial charge in [-0.2, -0.15) is 38.8 Å². The van der Waals surface area contributed by atoms with Crippen molar-refractivity contribution in [2.45, 2.75) is 24.5 Å². The monoisotopic (exact) mass is 786 g/mol. The lowest BCUT2D eigenvalue weighted by molar-refractivity contribution is 0.442. The number of nitrogens with zero attached hydrogens (tertiary/aromatic N) is 4. The second kappa shape index (κ2) is 12.8. The first kappa shape index (κ1) is 37.4. The van der Waals surface area contributed by atoms with Crippen molar-refractivity contribution in [3.05, 3.63) is 54.1 Å². The topological polar surface area (TPSA) is 353 Å². The zero-order chi connectivity index (χ0) is 37.0. The molecule has 0 fully saturated rings. The van der Waals surface area contributed by atoms with Crippen molar-refractivity contribution in [1.29, 1.82) is 0 Å². The van der Waals surface area contributed by atoms with Crippen LogP contribution in [0.25, 0.3) is 10.8 Å². The molecule has 0 heterocycles. The number of phenolic OH excluding ortho intramolecular Hbond substituents is 1. The van der Waals surface area contributed by atoms with Gasteiger partial charge in [0.2, 0.25) is 0 Å². The summed E-state index contributed by atoms with van der Waals surface area (Å²) in [4.78, 5) is -7.11. The van der Waals surface area contributed by atoms with E-state index < -0.39 is 122 Å². The Labute approximate surface area is 274 Å². The fraction of sp³-hybridized carbons (Fsp3) is 0. The van der Waals surface area contributed by atoms with Crippen LogP contribution < -0.4 is 5.73 Å². The molecule has 0 bridgehead atoms. The number of benzene rings is 4. The number of rotatable bonds is 9. The number of nitrogens with two attached hydrogens (primary N) is 1. The molecular formula is C22H14F2N5O15S5-. The third-order valence-electron chi connectivity index (χ3n) is 6.05. The maximum Gasteiger partial charge on any atom is 0.300 e. The van der Waals surface area contributed by atoms with Crippen LogP contribution in [0, 0.1) is 11.6 Å². The smallest absolute Gasteiger partial charge is 0.300 e. The molecule has 0 radical (unpaired) electrons. The van der Waals surface area contributed by atoms with Crippen molar-refractivity contribution in [1.82, 2.24) is 0 Å². The van der Waals surface area contributed by atoms with E-state index in [-0.39, 0.29) is 16.6 Å². The lowest BCUT2D eigenvalue weighted by atomic mass is 10.1. The molecule has 0 aliphatic carbocycles. The summed E-state index contributed by atoms with van der Waals surface area (Å²) in [5.41, 5.74) is 1.13. The molecule has 0 spiro atoms. The van der Waals surface area contributed by atoms with Gasteiger partial charge in [-0.3, -0.25) is 22.4 Å². The van der Waals surface area contributed by atoms with Crippen LogP contribution >= 0.6 is 0 Å². The predicted octanol–water partition coefficient (Wildman–Crippen LogP) is 3.46. The fourth-order valence-electron chi connectivity index (χ4n) is 4.07. The maximum absolute atomic E-state index is 14.8. The van der Waals surface area contributed by atoms with Gasteiger partial charge < -0.3 is 15.4 Å². The third-order valence-corrected chi connectivity index (χ3v) is 10.2. The molecule has 0 aliphatic rings. The number of hydrogen-bond acceptors (Lipinski definition) is 16. The molecule has 27 heteroatoms. The van der Waals surface area contributed by atoms with Crippen LogP contribution in [0.15, 0.2) is 87.4 Å². The third kappa shape index (κ3) is 7.59. The molecule has 1 atom stereocenters. The summed E-state index contributed by atoms with van der Waals surface area (Å²) >= 11 is -2.63. The highest BCUT2D eigenvalue weighted by atomic mass is 32.2. The van der Waals surface area contributed by atoms with Gasteiger partial charge in [0.25, 0.3) is 40.5 Å². The number of azo groups is 2. The predicted molar refractivity (Wildman–Crippen MR) is 158 cm³/mol. The van der Waals surface area contributed by atoms with E-state index in [1.807, 2.05) is 0 Å². The van der Waals surface area contributed by atoms with Crippen molar-refractivity contribution in [2.24, 2.45) is 20.5 Å². The van der Waals surface area contributed by atoms with Gasteiger partial charge >= 0.3 is 0 Å². The second-order valence-corrected chi connectivity index (χ2v) is 15.6. The molecule has 0 aliphatic heterocycles. The van der Waals surface area contributed by atoms with E-state index in [1.165, 1.54) is 0 Å². The second-order valence-electron chi connectivity index (χ2n) is 9.19. The van der Waals surface area contributed by atoms with Crippen molar-refractivity contribution >= 4 is 90.8 Å². The molecule has 7 N–H and O–H groups in total. The number of phenols is 1. The van der Waals surface area contributed by atoms with E-state index in [0.717, 1.165) is 24.3 Å². The number of halogens is 2. The lowest BCUT2D eigenvalue weighted by Crippen LogP contribution is -2.11. The Morgan fingerprint density at radius 2 is 1.18 bits per heavy atom. The van der Waals surface area contributed by atoms with E-state index in [9.17, 15) is 70.0 Å². The minimum Gasteiger partial charge on any atom is -0.768 e. The average molecular weight is 787 g/mol. The quantitative estimate of drug-likeness (QED) is 0.0612. The van der Waals surface area contributed by atoms with E-state index in [4.69, 9.17) is 10.3 Å². The Hall–Kier alpha value is -4.45. The zero-order valence-electron chi connectivity index (χ0n) is 23.0. The fourth-order valence-corrected chi connectivity index (χ4v) is 7.15. The largest absolute Gasteiger partial charge is 0.768 e. The van der Waals surface area contributed by atoms with Crippen molar-refractivity contribution in [2.75, 3.05) is 5.73 Å². The Morgan fingerprint density at radius 3 is 1.65 bits per heavy atom. The van der Waals surface area contributed by atoms with Gasteiger partial charge in [-0.25, -0.2) is 8.78 Å². The molecule has 262 valence electrons. The van der Waals surface area contributed by atoms with Gasteiger partial charge in [0.1, 0.15) is 32.7 Å². The highest BCUT2D eigenvalue weighted by molar-refractivity contribution is 7.87. The van der Waals surface area contributed by atoms with Gasteiger partial charge in [0.05, 0.1) is 16.8 Å². The number of aromatic hydroxyl groups is 1. The normalized spacial score (nSPS) is 13.9. The van der Waals surface area contributed by atoms with Gasteiger partial charge in [0.15, 0.2) is 21.4 Å². The first-order chi connectivity index (χ1) is 22.3. The van der Waals surface area contributed by atoms with Crippen molar-refractivity contribution in [3.63, 3.8) is 0 Å². The Bertz CT molecular complexity index is 2620. The van der Waals surface area contributed by atoms with Crippen LogP contribution in [0.2, 0.25) is 0 Å². The van der Waals surface area contributed by atoms with Crippen molar-refractivity contribution in [3.8, 4) is 5.75 Å². The van der Waals surface area contributed by atoms with Gasteiger partial charge in [-0.05, 0) is 52.9 Å². The van der Waals surface area contributed by atoms with Crippen LogP contribution in [0.5, 0.6) is 5.75 Å². The maximum atomic E-state index is 14.8. The number of anilines is 1. The molecule has 20 nitrogen and oxygen atoms in total. The molecule has 0 saturated carbocycles. The highest BCUT2D eigenvalue weighted by Gasteiger charge is 2.33. The molecular weight excluding hydrogens is 773 g/mol.